The van der Waals surface area contributed by atoms with Crippen LogP contribution in [0.25, 0.3) is 0 Å². The van der Waals surface area contributed by atoms with Gasteiger partial charge in [-0.2, -0.15) is 0 Å². The predicted octanol–water partition coefficient (Wildman–Crippen LogP) is 3.14. The van der Waals surface area contributed by atoms with Gasteiger partial charge in [-0.05, 0) is 67.9 Å². The molecular formula is C16H22NO3-. The molecule has 1 aliphatic heterocycles. The maximum Gasteiger partial charge on any atom is 0.332 e. The molecule has 0 aromatic rings. The number of rotatable bonds is 5. The number of esters is 1. The molecule has 1 heterocycles. The van der Waals surface area contributed by atoms with Crippen molar-refractivity contribution in [1.29, 1.82) is 0 Å². The summed E-state index contributed by atoms with van der Waals surface area (Å²) in [5.74, 6) is 1.07. The van der Waals surface area contributed by atoms with Crippen LogP contribution in [0.3, 0.4) is 0 Å². The number of carbonyl (C=O) groups is 1. The van der Waals surface area contributed by atoms with Crippen LogP contribution in [0.4, 0.5) is 0 Å². The molecule has 1 fully saturated rings. The van der Waals surface area contributed by atoms with E-state index in [1.54, 1.807) is 6.92 Å². The molecule has 2 atom stereocenters. The molecule has 0 aromatic carbocycles. The van der Waals surface area contributed by atoms with E-state index in [9.17, 15) is 10.0 Å². The van der Waals surface area contributed by atoms with Gasteiger partial charge in [-0.3, -0.25) is 0 Å². The topological polar surface area (TPSA) is 52.6 Å². The molecule has 2 aliphatic carbocycles. The third kappa shape index (κ3) is 2.62. The van der Waals surface area contributed by atoms with Gasteiger partial charge in [-0.1, -0.05) is 12.8 Å². The molecule has 0 bridgehead atoms. The van der Waals surface area contributed by atoms with Crippen LogP contribution in [0.5, 0.6) is 0 Å². The van der Waals surface area contributed by atoms with Gasteiger partial charge in [0.25, 0.3) is 0 Å². The van der Waals surface area contributed by atoms with Crippen molar-refractivity contribution in [3.63, 3.8) is 0 Å². The fourth-order valence-electron chi connectivity index (χ4n) is 3.43. The largest absolute Gasteiger partial charge is 0.758 e. The number of hydrogen-bond acceptors (Lipinski definition) is 4. The van der Waals surface area contributed by atoms with E-state index in [-0.39, 0.29) is 0 Å². The lowest BCUT2D eigenvalue weighted by Gasteiger charge is -2.38. The van der Waals surface area contributed by atoms with E-state index in [0.717, 1.165) is 29.4 Å². The van der Waals surface area contributed by atoms with Crippen LogP contribution in [0.2, 0.25) is 0 Å². The second kappa shape index (κ2) is 5.60. The second-order valence-corrected chi connectivity index (χ2v) is 6.07. The Morgan fingerprint density at radius 2 is 2.20 bits per heavy atom. The predicted molar refractivity (Wildman–Crippen MR) is 76.5 cm³/mol. The Morgan fingerprint density at radius 1 is 1.40 bits per heavy atom. The van der Waals surface area contributed by atoms with Gasteiger partial charge >= 0.3 is 5.97 Å². The molecule has 4 nitrogen and oxygen atoms in total. The third-order valence-electron chi connectivity index (χ3n) is 4.69. The van der Waals surface area contributed by atoms with Gasteiger partial charge in [-0.25, -0.2) is 4.79 Å². The zero-order valence-corrected chi connectivity index (χ0v) is 12.0. The monoisotopic (exact) mass is 276 g/mol. The quantitative estimate of drug-likeness (QED) is 0.724. The highest BCUT2D eigenvalue weighted by Crippen LogP contribution is 2.43. The third-order valence-corrected chi connectivity index (χ3v) is 4.69. The van der Waals surface area contributed by atoms with Crippen molar-refractivity contribution in [1.82, 2.24) is 5.06 Å². The van der Waals surface area contributed by atoms with Crippen LogP contribution in [-0.2, 0) is 9.53 Å². The van der Waals surface area contributed by atoms with E-state index in [4.69, 9.17) is 4.74 Å². The van der Waals surface area contributed by atoms with Crippen molar-refractivity contribution < 1.29 is 9.53 Å². The van der Waals surface area contributed by atoms with E-state index in [1.807, 2.05) is 6.08 Å². The number of ether oxygens (including phenoxy) is 1. The number of carbonyl (C=O) groups excluding carboxylic acids is 1. The molecule has 0 amide bonds. The molecule has 0 N–H and O–H groups in total. The van der Waals surface area contributed by atoms with Gasteiger partial charge in [0.1, 0.15) is 6.04 Å². The fourth-order valence-corrected chi connectivity index (χ4v) is 3.43. The standard InChI is InChI=1S/C16H22NO3/c1-2-20-16(18)15-14-8-7-12(6-5-11-3-4-11)13(14)9-10-17(15)19/h9-12,15H,2-8H2,1H3/q-1/t12-,15?/m0/s1. The Bertz CT molecular complexity index is 451. The summed E-state index contributed by atoms with van der Waals surface area (Å²) in [4.78, 5) is 12.0. The van der Waals surface area contributed by atoms with E-state index in [0.29, 0.717) is 12.5 Å². The van der Waals surface area contributed by atoms with Gasteiger partial charge in [-0.15, -0.1) is 0 Å². The van der Waals surface area contributed by atoms with Gasteiger partial charge in [0.15, 0.2) is 0 Å². The van der Waals surface area contributed by atoms with E-state index < -0.39 is 12.0 Å². The Labute approximate surface area is 120 Å². The Hall–Kier alpha value is -1.29. The Morgan fingerprint density at radius 3 is 2.90 bits per heavy atom. The summed E-state index contributed by atoms with van der Waals surface area (Å²) in [7, 11) is 0. The maximum atomic E-state index is 12.0. The van der Waals surface area contributed by atoms with Crippen LogP contribution in [0.15, 0.2) is 23.4 Å². The summed E-state index contributed by atoms with van der Waals surface area (Å²) in [5, 5.41) is 12.7. The molecule has 110 valence electrons. The number of hydrogen-bond donors (Lipinski definition) is 0. The molecule has 0 radical (unpaired) electrons. The molecule has 1 unspecified atom stereocenters. The molecule has 3 rings (SSSR count). The summed E-state index contributed by atoms with van der Waals surface area (Å²) < 4.78 is 5.05. The van der Waals surface area contributed by atoms with Crippen molar-refractivity contribution in [3.05, 3.63) is 28.6 Å². The van der Waals surface area contributed by atoms with Gasteiger partial charge in [0.2, 0.25) is 0 Å². The minimum absolute atomic E-state index is 0.320. The van der Waals surface area contributed by atoms with Gasteiger partial charge in [0, 0.05) is 0 Å². The number of nitrogens with zero attached hydrogens (tertiary/aromatic N) is 1. The zero-order valence-electron chi connectivity index (χ0n) is 12.0. The molecule has 0 saturated heterocycles. The molecule has 0 aromatic heterocycles. The first-order valence-corrected chi connectivity index (χ1v) is 7.74. The van der Waals surface area contributed by atoms with Crippen molar-refractivity contribution >= 4 is 5.97 Å². The smallest absolute Gasteiger partial charge is 0.332 e. The summed E-state index contributed by atoms with van der Waals surface area (Å²) in [6.07, 6.45) is 10.6. The molecule has 1 saturated carbocycles. The summed E-state index contributed by atoms with van der Waals surface area (Å²) >= 11 is 0. The van der Waals surface area contributed by atoms with Crippen LogP contribution in [0.1, 0.15) is 45.4 Å². The minimum Gasteiger partial charge on any atom is -0.758 e. The molecule has 3 aliphatic rings. The van der Waals surface area contributed by atoms with Gasteiger partial charge in [0.05, 0.1) is 6.61 Å². The molecule has 0 spiro atoms. The van der Waals surface area contributed by atoms with Crippen molar-refractivity contribution in [2.45, 2.75) is 51.5 Å². The first-order valence-electron chi connectivity index (χ1n) is 7.74. The van der Waals surface area contributed by atoms with Crippen LogP contribution < -0.4 is 0 Å². The zero-order chi connectivity index (χ0) is 14.1. The summed E-state index contributed by atoms with van der Waals surface area (Å²) in [6, 6.07) is -0.735. The molecule has 20 heavy (non-hydrogen) atoms. The normalized spacial score (nSPS) is 28.8. The lowest BCUT2D eigenvalue weighted by Crippen LogP contribution is -2.38. The van der Waals surface area contributed by atoms with Crippen LogP contribution in [-0.4, -0.2) is 23.7 Å². The Kier molecular flexibility index (Phi) is 3.83. The fraction of sp³-hybridized carbons (Fsp3) is 0.688. The molecule has 4 heteroatoms. The Balaban J connectivity index is 1.73. The minimum atomic E-state index is -0.735. The summed E-state index contributed by atoms with van der Waals surface area (Å²) in [5.41, 5.74) is 2.23. The lowest BCUT2D eigenvalue weighted by molar-refractivity contribution is -0.146. The first kappa shape index (κ1) is 13.7. The van der Waals surface area contributed by atoms with Crippen LogP contribution in [0, 0.1) is 17.0 Å². The number of hydroxylamine groups is 2. The van der Waals surface area contributed by atoms with E-state index in [2.05, 4.69) is 0 Å². The highest BCUT2D eigenvalue weighted by Gasteiger charge is 2.36. The highest BCUT2D eigenvalue weighted by molar-refractivity contribution is 5.81. The van der Waals surface area contributed by atoms with Crippen molar-refractivity contribution in [3.8, 4) is 0 Å². The van der Waals surface area contributed by atoms with E-state index >= 15 is 0 Å². The second-order valence-electron chi connectivity index (χ2n) is 6.07. The van der Waals surface area contributed by atoms with Crippen LogP contribution >= 0.6 is 0 Å². The number of allylic oxidation sites excluding steroid dienone is 2. The average molecular weight is 276 g/mol. The highest BCUT2D eigenvalue weighted by atomic mass is 16.5. The van der Waals surface area contributed by atoms with Gasteiger partial charge < -0.3 is 15.0 Å². The van der Waals surface area contributed by atoms with Crippen molar-refractivity contribution in [2.75, 3.05) is 6.61 Å². The average Bonchev–Trinajstić information content (AvgIpc) is 3.17. The SMILES string of the molecule is CCOC(=O)C1C2=C(C=CN1[O-])[C@@H](CCC1CC1)CC2. The molecular weight excluding hydrogens is 254 g/mol. The lowest BCUT2D eigenvalue weighted by atomic mass is 9.92. The summed E-state index contributed by atoms with van der Waals surface area (Å²) in [6.45, 7) is 2.09. The van der Waals surface area contributed by atoms with E-state index in [1.165, 1.54) is 37.5 Å². The first-order chi connectivity index (χ1) is 9.70. The maximum absolute atomic E-state index is 12.0. The van der Waals surface area contributed by atoms with Crippen molar-refractivity contribution in [2.24, 2.45) is 11.8 Å².